The fraction of sp³-hybridized carbons (Fsp3) is 0.212. The normalized spacial score (nSPS) is 14.4. The van der Waals surface area contributed by atoms with Crippen molar-refractivity contribution >= 4 is 69.1 Å². The first kappa shape index (κ1) is 44.3. The highest BCUT2D eigenvalue weighted by molar-refractivity contribution is 6.26. The van der Waals surface area contributed by atoms with Crippen LogP contribution in [0.3, 0.4) is 0 Å². The maximum absolute atomic E-state index is 13.4. The van der Waals surface area contributed by atoms with Gasteiger partial charge >= 0.3 is 0 Å². The summed E-state index contributed by atoms with van der Waals surface area (Å²) in [5, 5.41) is 18.9. The number of amides is 5. The summed E-state index contributed by atoms with van der Waals surface area (Å²) in [6.07, 6.45) is 3.38. The van der Waals surface area contributed by atoms with Gasteiger partial charge in [0.1, 0.15) is 35.2 Å². The van der Waals surface area contributed by atoms with Gasteiger partial charge in [0.25, 0.3) is 11.8 Å². The summed E-state index contributed by atoms with van der Waals surface area (Å²) < 4.78 is 6.13. The van der Waals surface area contributed by atoms with Gasteiger partial charge in [-0.1, -0.05) is 54.1 Å². The second-order valence-corrected chi connectivity index (χ2v) is 16.4. The number of fused-ring (bicyclic) bond motifs is 2. The number of ketones is 2. The molecule has 5 aromatic carbocycles. The predicted molar refractivity (Wildman–Crippen MR) is 245 cm³/mol. The molecule has 1 aromatic heterocycles. The number of aromatic nitrogens is 1. The van der Waals surface area contributed by atoms with Crippen LogP contribution in [0.15, 0.2) is 115 Å². The van der Waals surface area contributed by atoms with E-state index in [-0.39, 0.29) is 60.5 Å². The molecule has 1 atom stereocenters. The molecule has 3 N–H and O–H groups in total. The molecule has 0 saturated carbocycles. The van der Waals surface area contributed by atoms with Gasteiger partial charge in [0.05, 0.1) is 33.6 Å². The standard InChI is InChI=1S/C52H44N6O8/c1-31-7-4-8-32(23-31)25-38(60)26-33-9-5-11-40(27-33)66-39-18-16-36(17-19-39)55-49-35(29-53)30-54-43-20-15-34(28-42(43)49)24-37(59)10-2-3-14-46(61)56-44-13-6-12-41-48(44)52(65)58(51(41)64)45-21-22-47(62)57-50(45)63/h4-9,11-13,15-20,23,27-28,30,45H,2-3,10,14,21-22,24-26H2,1H3,(H,54,55)(H,56,61)(H,57,62,63). The average molecular weight is 881 g/mol. The number of benzene rings is 5. The van der Waals surface area contributed by atoms with E-state index in [1.165, 1.54) is 24.4 Å². The van der Waals surface area contributed by atoms with Gasteiger partial charge in [-0.3, -0.25) is 48.8 Å². The number of ether oxygens (including phenoxy) is 1. The minimum atomic E-state index is -1.13. The van der Waals surface area contributed by atoms with E-state index in [1.807, 2.05) is 79.7 Å². The molecular weight excluding hydrogens is 837 g/mol. The van der Waals surface area contributed by atoms with Crippen molar-refractivity contribution in [1.82, 2.24) is 15.2 Å². The first-order chi connectivity index (χ1) is 31.9. The molecule has 8 rings (SSSR count). The zero-order valence-corrected chi connectivity index (χ0v) is 36.0. The van der Waals surface area contributed by atoms with Crippen LogP contribution in [0, 0.1) is 18.3 Å². The van der Waals surface area contributed by atoms with Crippen molar-refractivity contribution in [2.75, 3.05) is 10.6 Å². The van der Waals surface area contributed by atoms with Gasteiger partial charge in [0.2, 0.25) is 17.7 Å². The molecule has 2 aliphatic heterocycles. The molecule has 2 aliphatic rings. The van der Waals surface area contributed by atoms with E-state index in [2.05, 4.69) is 27.0 Å². The fourth-order valence-electron chi connectivity index (χ4n) is 8.27. The zero-order chi connectivity index (χ0) is 46.3. The lowest BCUT2D eigenvalue weighted by Crippen LogP contribution is -2.54. The lowest BCUT2D eigenvalue weighted by atomic mass is 10.0. The largest absolute Gasteiger partial charge is 0.457 e. The van der Waals surface area contributed by atoms with Crippen molar-refractivity contribution in [1.29, 1.82) is 5.26 Å². The van der Waals surface area contributed by atoms with Crippen LogP contribution in [0.4, 0.5) is 17.1 Å². The molecule has 0 radical (unpaired) electrons. The maximum atomic E-state index is 13.4. The van der Waals surface area contributed by atoms with Crippen LogP contribution in [0.5, 0.6) is 11.5 Å². The van der Waals surface area contributed by atoms with Gasteiger partial charge in [-0.25, -0.2) is 0 Å². The van der Waals surface area contributed by atoms with E-state index in [9.17, 15) is 38.8 Å². The summed E-state index contributed by atoms with van der Waals surface area (Å²) >= 11 is 0. The SMILES string of the molecule is Cc1cccc(CC(=O)Cc2cccc(Oc3ccc(Nc4c(C#N)cnc5ccc(CC(=O)CCCCC(=O)Nc6cccc7c6C(=O)N(C6CCC(=O)NC6=O)C7=O)cc45)cc3)c2)c1. The smallest absolute Gasteiger partial charge is 0.264 e. The van der Waals surface area contributed by atoms with E-state index >= 15 is 0 Å². The highest BCUT2D eigenvalue weighted by Crippen LogP contribution is 2.34. The first-order valence-electron chi connectivity index (χ1n) is 21.6. The molecule has 0 bridgehead atoms. The predicted octanol–water partition coefficient (Wildman–Crippen LogP) is 8.02. The molecule has 14 nitrogen and oxygen atoms in total. The maximum Gasteiger partial charge on any atom is 0.264 e. The molecule has 5 amide bonds. The summed E-state index contributed by atoms with van der Waals surface area (Å²) in [6.45, 7) is 2.01. The first-order valence-corrected chi connectivity index (χ1v) is 21.6. The number of nitrogens with zero attached hydrogens (tertiary/aromatic N) is 3. The van der Waals surface area contributed by atoms with E-state index in [0.717, 1.165) is 27.2 Å². The minimum Gasteiger partial charge on any atom is -0.457 e. The number of pyridine rings is 1. The Morgan fingerprint density at radius 3 is 2.26 bits per heavy atom. The average Bonchev–Trinajstić information content (AvgIpc) is 3.55. The van der Waals surface area contributed by atoms with Gasteiger partial charge in [0, 0.05) is 55.8 Å². The molecule has 0 aliphatic carbocycles. The third-order valence-corrected chi connectivity index (χ3v) is 11.4. The Kier molecular flexibility index (Phi) is 13.2. The van der Waals surface area contributed by atoms with E-state index in [4.69, 9.17) is 4.74 Å². The number of hydrogen-bond acceptors (Lipinski definition) is 11. The number of aryl methyl sites for hydroxylation is 1. The van der Waals surface area contributed by atoms with Crippen LogP contribution >= 0.6 is 0 Å². The number of carbonyl (C=O) groups is 7. The quantitative estimate of drug-likeness (QED) is 0.0591. The van der Waals surface area contributed by atoms with E-state index < -0.39 is 35.6 Å². The molecule has 0 spiro atoms. The van der Waals surface area contributed by atoms with Crippen molar-refractivity contribution in [2.24, 2.45) is 0 Å². The number of imide groups is 2. The topological polar surface area (TPSA) is 205 Å². The van der Waals surface area contributed by atoms with Crippen molar-refractivity contribution in [3.63, 3.8) is 0 Å². The highest BCUT2D eigenvalue weighted by Gasteiger charge is 2.45. The molecule has 14 heteroatoms. The summed E-state index contributed by atoms with van der Waals surface area (Å²) in [5.41, 5.74) is 6.08. The van der Waals surface area contributed by atoms with Crippen molar-refractivity contribution in [3.05, 3.63) is 154 Å². The van der Waals surface area contributed by atoms with E-state index in [1.54, 1.807) is 18.2 Å². The fourth-order valence-corrected chi connectivity index (χ4v) is 8.27. The van der Waals surface area contributed by atoms with Crippen molar-refractivity contribution in [3.8, 4) is 17.6 Å². The molecule has 3 heterocycles. The molecule has 66 heavy (non-hydrogen) atoms. The Morgan fingerprint density at radius 1 is 0.788 bits per heavy atom. The summed E-state index contributed by atoms with van der Waals surface area (Å²) in [4.78, 5) is 94.9. The van der Waals surface area contributed by atoms with Gasteiger partial charge in [-0.05, 0) is 104 Å². The number of Topliss-reactive ketones (excluding diaryl/α,β-unsaturated/α-hetero) is 2. The summed E-state index contributed by atoms with van der Waals surface area (Å²) in [6, 6.07) is 33.7. The van der Waals surface area contributed by atoms with Crippen LogP contribution in [-0.4, -0.2) is 57.0 Å². The molecule has 1 saturated heterocycles. The number of nitriles is 1. The van der Waals surface area contributed by atoms with Gasteiger partial charge in [0.15, 0.2) is 0 Å². The lowest BCUT2D eigenvalue weighted by molar-refractivity contribution is -0.136. The zero-order valence-electron chi connectivity index (χ0n) is 36.0. The number of anilines is 3. The molecule has 6 aromatic rings. The second kappa shape index (κ2) is 19.6. The van der Waals surface area contributed by atoms with E-state index in [0.29, 0.717) is 65.0 Å². The van der Waals surface area contributed by atoms with Crippen LogP contribution < -0.4 is 20.7 Å². The monoisotopic (exact) mass is 880 g/mol. The van der Waals surface area contributed by atoms with Crippen molar-refractivity contribution in [2.45, 2.75) is 70.8 Å². The summed E-state index contributed by atoms with van der Waals surface area (Å²) in [5.74, 6) is -1.74. The molecular formula is C52H44N6O8. The molecule has 1 fully saturated rings. The summed E-state index contributed by atoms with van der Waals surface area (Å²) in [7, 11) is 0. The van der Waals surface area contributed by atoms with Crippen LogP contribution in [0.2, 0.25) is 0 Å². The molecule has 1 unspecified atom stereocenters. The number of rotatable bonds is 17. The Morgan fingerprint density at radius 2 is 1.50 bits per heavy atom. The Bertz CT molecular complexity index is 2990. The third-order valence-electron chi connectivity index (χ3n) is 11.4. The molecule has 330 valence electrons. The number of carbonyl (C=O) groups excluding carboxylic acids is 7. The number of nitrogens with one attached hydrogen (secondary N) is 3. The van der Waals surface area contributed by atoms with Gasteiger partial charge < -0.3 is 15.4 Å². The third kappa shape index (κ3) is 10.2. The highest BCUT2D eigenvalue weighted by atomic mass is 16.5. The van der Waals surface area contributed by atoms with Crippen LogP contribution in [-0.2, 0) is 43.2 Å². The van der Waals surface area contributed by atoms with Crippen LogP contribution in [0.25, 0.3) is 10.9 Å². The Balaban J connectivity index is 0.839. The van der Waals surface area contributed by atoms with Crippen LogP contribution in [0.1, 0.15) is 87.1 Å². The van der Waals surface area contributed by atoms with Crippen molar-refractivity contribution < 1.29 is 38.3 Å². The number of piperidine rings is 1. The minimum absolute atomic E-state index is 0.00812. The number of hydrogen-bond donors (Lipinski definition) is 3. The Labute approximate surface area is 380 Å². The van der Waals surface area contributed by atoms with Gasteiger partial charge in [-0.2, -0.15) is 5.26 Å². The number of unbranched alkanes of at least 4 members (excludes halogenated alkanes) is 1. The second-order valence-electron chi connectivity index (χ2n) is 16.4. The lowest BCUT2D eigenvalue weighted by Gasteiger charge is -2.27. The van der Waals surface area contributed by atoms with Gasteiger partial charge in [-0.15, -0.1) is 0 Å². The Hall–Kier alpha value is -8.31.